The van der Waals surface area contributed by atoms with Gasteiger partial charge >= 0.3 is 5.97 Å². The Bertz CT molecular complexity index is 680. The number of halogens is 1. The lowest BCUT2D eigenvalue weighted by molar-refractivity contribution is 0.0593. The average molecular weight is 333 g/mol. The molecule has 0 fully saturated rings. The van der Waals surface area contributed by atoms with Crippen LogP contribution in [0.25, 0.3) is 0 Å². The third kappa shape index (κ3) is 3.10. The molecule has 0 spiro atoms. The second-order valence-corrected chi connectivity index (χ2v) is 4.56. The molecule has 0 radical (unpaired) electrons. The number of nitrogens with one attached hydrogen (secondary N) is 1. The highest BCUT2D eigenvalue weighted by Gasteiger charge is 2.08. The van der Waals surface area contributed by atoms with E-state index < -0.39 is 5.97 Å². The Morgan fingerprint density at radius 1 is 1.40 bits per heavy atom. The number of hydrogen-bond acceptors (Lipinski definition) is 6. The number of anilines is 2. The van der Waals surface area contributed by atoms with E-state index in [-0.39, 0.29) is 5.69 Å². The summed E-state index contributed by atoms with van der Waals surface area (Å²) in [6.07, 6.45) is 2.75. The molecule has 1 heterocycles. The van der Waals surface area contributed by atoms with Crippen molar-refractivity contribution < 1.29 is 9.53 Å². The van der Waals surface area contributed by atoms with Gasteiger partial charge in [-0.05, 0) is 34.1 Å². The van der Waals surface area contributed by atoms with Gasteiger partial charge in [-0.15, -0.1) is 0 Å². The van der Waals surface area contributed by atoms with Crippen LogP contribution in [0.1, 0.15) is 16.1 Å². The van der Waals surface area contributed by atoms with E-state index in [9.17, 15) is 4.79 Å². The highest BCUT2D eigenvalue weighted by molar-refractivity contribution is 9.10. The van der Waals surface area contributed by atoms with Crippen molar-refractivity contribution in [3.63, 3.8) is 0 Å². The van der Waals surface area contributed by atoms with Crippen LogP contribution in [0.4, 0.5) is 11.5 Å². The maximum atomic E-state index is 11.2. The van der Waals surface area contributed by atoms with E-state index in [4.69, 9.17) is 5.26 Å². The molecule has 0 unspecified atom stereocenters. The minimum Gasteiger partial charge on any atom is -0.464 e. The fraction of sp³-hybridized carbons (Fsp3) is 0.0769. The number of nitriles is 1. The summed E-state index contributed by atoms with van der Waals surface area (Å²) in [5.41, 5.74) is 1.43. The molecule has 1 aromatic heterocycles. The fourth-order valence-corrected chi connectivity index (χ4v) is 1.90. The molecule has 0 bridgehead atoms. The second-order valence-electron chi connectivity index (χ2n) is 3.71. The second kappa shape index (κ2) is 6.12. The Morgan fingerprint density at radius 2 is 2.20 bits per heavy atom. The Hall–Kier alpha value is -2.46. The van der Waals surface area contributed by atoms with E-state index in [1.807, 2.05) is 6.07 Å². The van der Waals surface area contributed by atoms with Crippen LogP contribution in [0.2, 0.25) is 0 Å². The predicted octanol–water partition coefficient (Wildman–Crippen LogP) is 2.64. The van der Waals surface area contributed by atoms with Crippen molar-refractivity contribution in [1.82, 2.24) is 9.97 Å². The van der Waals surface area contributed by atoms with Gasteiger partial charge in [-0.3, -0.25) is 0 Å². The van der Waals surface area contributed by atoms with E-state index >= 15 is 0 Å². The van der Waals surface area contributed by atoms with Crippen LogP contribution in [-0.2, 0) is 4.74 Å². The third-order valence-electron chi connectivity index (χ3n) is 2.41. The molecule has 0 saturated heterocycles. The van der Waals surface area contributed by atoms with Gasteiger partial charge in [0.1, 0.15) is 5.82 Å². The van der Waals surface area contributed by atoms with Crippen LogP contribution >= 0.6 is 15.9 Å². The van der Waals surface area contributed by atoms with Crippen molar-refractivity contribution in [2.45, 2.75) is 0 Å². The summed E-state index contributed by atoms with van der Waals surface area (Å²) in [5.74, 6) is -0.0633. The number of carbonyl (C=O) groups excluding carboxylic acids is 1. The molecule has 0 atom stereocenters. The largest absolute Gasteiger partial charge is 0.464 e. The van der Waals surface area contributed by atoms with Gasteiger partial charge in [0.25, 0.3) is 0 Å². The quantitative estimate of drug-likeness (QED) is 0.869. The van der Waals surface area contributed by atoms with Gasteiger partial charge in [0.15, 0.2) is 5.69 Å². The number of benzene rings is 1. The van der Waals surface area contributed by atoms with Crippen molar-refractivity contribution in [2.24, 2.45) is 0 Å². The average Bonchev–Trinajstić information content (AvgIpc) is 2.49. The summed E-state index contributed by atoms with van der Waals surface area (Å²) < 4.78 is 5.27. The number of methoxy groups -OCH3 is 1. The van der Waals surface area contributed by atoms with Crippen molar-refractivity contribution in [2.75, 3.05) is 12.4 Å². The van der Waals surface area contributed by atoms with E-state index in [2.05, 4.69) is 36.0 Å². The summed E-state index contributed by atoms with van der Waals surface area (Å²) in [6.45, 7) is 0. The topological polar surface area (TPSA) is 87.9 Å². The van der Waals surface area contributed by atoms with Crippen LogP contribution in [0.15, 0.2) is 35.1 Å². The lowest BCUT2D eigenvalue weighted by Crippen LogP contribution is -2.05. The van der Waals surface area contributed by atoms with Crippen LogP contribution in [-0.4, -0.2) is 23.0 Å². The number of hydrogen-bond donors (Lipinski definition) is 1. The fourth-order valence-electron chi connectivity index (χ4n) is 1.43. The number of nitrogens with zero attached hydrogens (tertiary/aromatic N) is 3. The molecular formula is C13H9BrN4O2. The number of rotatable bonds is 3. The molecule has 20 heavy (non-hydrogen) atoms. The first kappa shape index (κ1) is 14.0. The minimum atomic E-state index is -0.538. The van der Waals surface area contributed by atoms with Gasteiger partial charge in [0, 0.05) is 4.47 Å². The highest BCUT2D eigenvalue weighted by atomic mass is 79.9. The number of esters is 1. The molecule has 6 nitrogen and oxygen atoms in total. The first-order valence-electron chi connectivity index (χ1n) is 5.51. The molecule has 0 amide bonds. The normalized spacial score (nSPS) is 9.65. The standard InChI is InChI=1S/C13H9BrN4O2/c1-20-13(19)11-6-17-12(7-16-11)18-10-3-2-8(5-15)4-9(10)14/h2-4,6-7H,1H3,(H,17,18). The van der Waals surface area contributed by atoms with Crippen LogP contribution in [0.5, 0.6) is 0 Å². The zero-order valence-electron chi connectivity index (χ0n) is 10.4. The van der Waals surface area contributed by atoms with Crippen molar-refractivity contribution in [3.8, 4) is 6.07 Å². The lowest BCUT2D eigenvalue weighted by Gasteiger charge is -2.07. The van der Waals surface area contributed by atoms with Gasteiger partial charge in [-0.2, -0.15) is 5.26 Å². The Labute approximate surface area is 123 Å². The van der Waals surface area contributed by atoms with Crippen molar-refractivity contribution >= 4 is 33.4 Å². The van der Waals surface area contributed by atoms with E-state index in [0.717, 1.165) is 10.2 Å². The Balaban J connectivity index is 2.18. The van der Waals surface area contributed by atoms with Crippen LogP contribution < -0.4 is 5.32 Å². The summed E-state index contributed by atoms with van der Waals surface area (Å²) >= 11 is 3.36. The minimum absolute atomic E-state index is 0.136. The molecule has 1 aromatic carbocycles. The van der Waals surface area contributed by atoms with E-state index in [0.29, 0.717) is 11.4 Å². The maximum Gasteiger partial charge on any atom is 0.358 e. The zero-order chi connectivity index (χ0) is 14.5. The monoisotopic (exact) mass is 332 g/mol. The Kier molecular flexibility index (Phi) is 4.27. The number of ether oxygens (including phenoxy) is 1. The van der Waals surface area contributed by atoms with Crippen LogP contribution in [0, 0.1) is 11.3 Å². The molecule has 7 heteroatoms. The molecule has 2 aromatic rings. The molecule has 100 valence electrons. The summed E-state index contributed by atoms with van der Waals surface area (Å²) in [7, 11) is 1.28. The first-order valence-corrected chi connectivity index (χ1v) is 6.30. The van der Waals surface area contributed by atoms with Gasteiger partial charge in [-0.1, -0.05) is 0 Å². The number of aromatic nitrogens is 2. The van der Waals surface area contributed by atoms with E-state index in [1.54, 1.807) is 18.2 Å². The van der Waals surface area contributed by atoms with E-state index in [1.165, 1.54) is 19.5 Å². The maximum absolute atomic E-state index is 11.2. The molecule has 1 N–H and O–H groups in total. The summed E-state index contributed by atoms with van der Waals surface area (Å²) in [4.78, 5) is 19.2. The van der Waals surface area contributed by atoms with Gasteiger partial charge < -0.3 is 10.1 Å². The van der Waals surface area contributed by atoms with Gasteiger partial charge in [-0.25, -0.2) is 14.8 Å². The van der Waals surface area contributed by atoms with Gasteiger partial charge in [0.2, 0.25) is 0 Å². The third-order valence-corrected chi connectivity index (χ3v) is 3.06. The predicted molar refractivity (Wildman–Crippen MR) is 75.5 cm³/mol. The Morgan fingerprint density at radius 3 is 2.75 bits per heavy atom. The zero-order valence-corrected chi connectivity index (χ0v) is 12.0. The SMILES string of the molecule is COC(=O)c1cnc(Nc2ccc(C#N)cc2Br)cn1. The molecule has 0 aliphatic carbocycles. The highest BCUT2D eigenvalue weighted by Crippen LogP contribution is 2.25. The summed E-state index contributed by atoms with van der Waals surface area (Å²) in [6, 6.07) is 7.17. The first-order chi connectivity index (χ1) is 9.63. The van der Waals surface area contributed by atoms with Crippen molar-refractivity contribution in [1.29, 1.82) is 5.26 Å². The number of carbonyl (C=O) groups is 1. The molecule has 0 aliphatic rings. The lowest BCUT2D eigenvalue weighted by atomic mass is 10.2. The smallest absolute Gasteiger partial charge is 0.358 e. The molecule has 2 rings (SSSR count). The van der Waals surface area contributed by atoms with Crippen LogP contribution in [0.3, 0.4) is 0 Å². The summed E-state index contributed by atoms with van der Waals surface area (Å²) in [5, 5.41) is 11.8. The van der Waals surface area contributed by atoms with Gasteiger partial charge in [0.05, 0.1) is 36.8 Å². The molecule has 0 aliphatic heterocycles. The van der Waals surface area contributed by atoms with Crippen molar-refractivity contribution in [3.05, 3.63) is 46.3 Å². The molecule has 0 saturated carbocycles. The molecular weight excluding hydrogens is 324 g/mol.